The molecule has 1 atom stereocenters. The van der Waals surface area contributed by atoms with Gasteiger partial charge in [0.1, 0.15) is 0 Å². The first kappa shape index (κ1) is 15.7. The number of aromatic nitrogens is 1. The number of fused-ring (bicyclic) bond motifs is 1. The predicted octanol–water partition coefficient (Wildman–Crippen LogP) is 2.55. The number of carbonyl (C=O) groups is 2. The van der Waals surface area contributed by atoms with Crippen LogP contribution in [0.15, 0.2) is 30.5 Å². The van der Waals surface area contributed by atoms with Gasteiger partial charge >= 0.3 is 5.97 Å². The zero-order valence-corrected chi connectivity index (χ0v) is 13.4. The Hall–Kier alpha value is -2.14. The summed E-state index contributed by atoms with van der Waals surface area (Å²) < 4.78 is 1.98. The zero-order chi connectivity index (χ0) is 16.4. The molecule has 2 heterocycles. The van der Waals surface area contributed by atoms with E-state index in [9.17, 15) is 9.59 Å². The van der Waals surface area contributed by atoms with E-state index in [0.29, 0.717) is 19.5 Å². The number of rotatable bonds is 5. The molecule has 1 aliphatic heterocycles. The van der Waals surface area contributed by atoms with Crippen molar-refractivity contribution >= 4 is 22.7 Å². The molecule has 1 aromatic heterocycles. The second kappa shape index (κ2) is 6.54. The van der Waals surface area contributed by atoms with Crippen LogP contribution in [0.2, 0.25) is 0 Å². The van der Waals surface area contributed by atoms with Crippen molar-refractivity contribution in [3.8, 4) is 0 Å². The fraction of sp³-hybridized carbons (Fsp3) is 0.444. The highest BCUT2D eigenvalue weighted by Gasteiger charge is 2.25. The quantitative estimate of drug-likeness (QED) is 0.862. The molecule has 5 heteroatoms. The van der Waals surface area contributed by atoms with Gasteiger partial charge in [0, 0.05) is 49.2 Å². The van der Waals surface area contributed by atoms with Gasteiger partial charge in [-0.1, -0.05) is 18.2 Å². The lowest BCUT2D eigenvalue weighted by Crippen LogP contribution is -2.39. The minimum Gasteiger partial charge on any atom is -0.481 e. The molecule has 1 aliphatic rings. The van der Waals surface area contributed by atoms with Gasteiger partial charge in [0.05, 0.1) is 5.92 Å². The second-order valence-corrected chi connectivity index (χ2v) is 6.32. The first-order chi connectivity index (χ1) is 11.1. The third kappa shape index (κ3) is 3.29. The average molecular weight is 314 g/mol. The maximum atomic E-state index is 12.6. The van der Waals surface area contributed by atoms with E-state index in [1.54, 1.807) is 0 Å². The van der Waals surface area contributed by atoms with E-state index in [-0.39, 0.29) is 11.7 Å². The number of ketones is 1. The SMILES string of the molecule is Cn1cc(C(=O)CCN2CCCC(C(=O)O)C2)c2ccccc21. The van der Waals surface area contributed by atoms with Crippen LogP contribution in [0.25, 0.3) is 10.9 Å². The van der Waals surface area contributed by atoms with Crippen LogP contribution < -0.4 is 0 Å². The summed E-state index contributed by atoms with van der Waals surface area (Å²) in [5.41, 5.74) is 1.81. The van der Waals surface area contributed by atoms with Gasteiger partial charge in [-0.15, -0.1) is 0 Å². The lowest BCUT2D eigenvalue weighted by atomic mass is 9.98. The smallest absolute Gasteiger partial charge is 0.307 e. The topological polar surface area (TPSA) is 62.5 Å². The average Bonchev–Trinajstić information content (AvgIpc) is 2.90. The largest absolute Gasteiger partial charge is 0.481 e. The Kier molecular flexibility index (Phi) is 4.48. The van der Waals surface area contributed by atoms with E-state index in [4.69, 9.17) is 5.11 Å². The number of carbonyl (C=O) groups excluding carboxylic acids is 1. The lowest BCUT2D eigenvalue weighted by molar-refractivity contribution is -0.143. The molecule has 0 spiro atoms. The van der Waals surface area contributed by atoms with E-state index in [0.717, 1.165) is 35.9 Å². The van der Waals surface area contributed by atoms with Crippen molar-refractivity contribution in [1.82, 2.24) is 9.47 Å². The van der Waals surface area contributed by atoms with Crippen LogP contribution in [0.4, 0.5) is 0 Å². The van der Waals surface area contributed by atoms with Crippen LogP contribution in [0.3, 0.4) is 0 Å². The summed E-state index contributed by atoms with van der Waals surface area (Å²) >= 11 is 0. The van der Waals surface area contributed by atoms with Crippen LogP contribution in [-0.4, -0.2) is 46.0 Å². The van der Waals surface area contributed by atoms with Crippen molar-refractivity contribution in [3.63, 3.8) is 0 Å². The first-order valence-electron chi connectivity index (χ1n) is 8.08. The summed E-state index contributed by atoms with van der Waals surface area (Å²) in [4.78, 5) is 25.8. The van der Waals surface area contributed by atoms with Crippen molar-refractivity contribution in [3.05, 3.63) is 36.0 Å². The Bertz CT molecular complexity index is 735. The van der Waals surface area contributed by atoms with Gasteiger partial charge in [-0.25, -0.2) is 0 Å². The number of hydrogen-bond donors (Lipinski definition) is 1. The highest BCUT2D eigenvalue weighted by Crippen LogP contribution is 2.22. The third-order valence-corrected chi connectivity index (χ3v) is 4.71. The Morgan fingerprint density at radius 2 is 2.09 bits per heavy atom. The molecule has 23 heavy (non-hydrogen) atoms. The number of nitrogens with zero attached hydrogens (tertiary/aromatic N) is 2. The van der Waals surface area contributed by atoms with Crippen LogP contribution in [0.5, 0.6) is 0 Å². The van der Waals surface area contributed by atoms with Gasteiger partial charge in [-0.05, 0) is 25.5 Å². The van der Waals surface area contributed by atoms with Gasteiger partial charge < -0.3 is 14.6 Å². The summed E-state index contributed by atoms with van der Waals surface area (Å²) in [5, 5.41) is 10.1. The van der Waals surface area contributed by atoms with E-state index < -0.39 is 5.97 Å². The molecule has 0 saturated carbocycles. The molecule has 122 valence electrons. The lowest BCUT2D eigenvalue weighted by Gasteiger charge is -2.30. The molecule has 1 unspecified atom stereocenters. The Morgan fingerprint density at radius 1 is 1.30 bits per heavy atom. The number of benzene rings is 1. The molecule has 3 rings (SSSR count). The van der Waals surface area contributed by atoms with Crippen LogP contribution in [0.1, 0.15) is 29.6 Å². The molecule has 5 nitrogen and oxygen atoms in total. The summed E-state index contributed by atoms with van der Waals surface area (Å²) in [5.74, 6) is -0.897. The standard InChI is InChI=1S/C18H22N2O3/c1-19-12-15(14-6-2-3-7-16(14)19)17(21)8-10-20-9-4-5-13(11-20)18(22)23/h2-3,6-7,12-13H,4-5,8-11H2,1H3,(H,22,23). The summed E-state index contributed by atoms with van der Waals surface area (Å²) in [6.07, 6.45) is 3.95. The molecule has 1 aromatic carbocycles. The predicted molar refractivity (Wildman–Crippen MR) is 88.7 cm³/mol. The van der Waals surface area contributed by atoms with Gasteiger partial charge in [-0.3, -0.25) is 9.59 Å². The number of carboxylic acid groups (broad SMARTS) is 1. The van der Waals surface area contributed by atoms with Crippen molar-refractivity contribution in [2.24, 2.45) is 13.0 Å². The first-order valence-corrected chi connectivity index (χ1v) is 8.08. The van der Waals surface area contributed by atoms with E-state index >= 15 is 0 Å². The minimum absolute atomic E-state index is 0.124. The van der Waals surface area contributed by atoms with Gasteiger partial charge in [-0.2, -0.15) is 0 Å². The zero-order valence-electron chi connectivity index (χ0n) is 13.4. The fourth-order valence-corrected chi connectivity index (χ4v) is 3.42. The Balaban J connectivity index is 1.66. The molecule has 0 bridgehead atoms. The Labute approximate surface area is 135 Å². The number of aryl methyl sites for hydroxylation is 1. The molecule has 1 N–H and O–H groups in total. The van der Waals surface area contributed by atoms with Crippen molar-refractivity contribution in [1.29, 1.82) is 0 Å². The van der Waals surface area contributed by atoms with Gasteiger partial charge in [0.25, 0.3) is 0 Å². The van der Waals surface area contributed by atoms with Gasteiger partial charge in [0.15, 0.2) is 5.78 Å². The molecule has 2 aromatic rings. The number of hydrogen-bond acceptors (Lipinski definition) is 3. The van der Waals surface area contributed by atoms with Crippen LogP contribution >= 0.6 is 0 Å². The maximum absolute atomic E-state index is 12.6. The summed E-state index contributed by atoms with van der Waals surface area (Å²) in [6.45, 7) is 2.07. The number of aliphatic carboxylic acids is 1. The molecule has 0 amide bonds. The van der Waals surface area contributed by atoms with E-state index in [2.05, 4.69) is 4.90 Å². The highest BCUT2D eigenvalue weighted by molar-refractivity contribution is 6.08. The summed E-state index contributed by atoms with van der Waals surface area (Å²) in [6, 6.07) is 7.90. The highest BCUT2D eigenvalue weighted by atomic mass is 16.4. The van der Waals surface area contributed by atoms with Crippen molar-refractivity contribution in [2.75, 3.05) is 19.6 Å². The monoisotopic (exact) mass is 314 g/mol. The second-order valence-electron chi connectivity index (χ2n) is 6.32. The van der Waals surface area contributed by atoms with Gasteiger partial charge in [0.2, 0.25) is 0 Å². The van der Waals surface area contributed by atoms with Crippen LogP contribution in [0, 0.1) is 5.92 Å². The number of carboxylic acids is 1. The fourth-order valence-electron chi connectivity index (χ4n) is 3.42. The Morgan fingerprint density at radius 3 is 2.87 bits per heavy atom. The van der Waals surface area contributed by atoms with Crippen LogP contribution in [-0.2, 0) is 11.8 Å². The molecule has 0 radical (unpaired) electrons. The minimum atomic E-state index is -0.727. The molecule has 1 fully saturated rings. The maximum Gasteiger partial charge on any atom is 0.307 e. The molecule has 0 aliphatic carbocycles. The van der Waals surface area contributed by atoms with Crippen molar-refractivity contribution in [2.45, 2.75) is 19.3 Å². The number of Topliss-reactive ketones (excluding diaryl/α,β-unsaturated/α-hetero) is 1. The normalized spacial score (nSPS) is 19.1. The number of piperidine rings is 1. The van der Waals surface area contributed by atoms with E-state index in [1.165, 1.54) is 0 Å². The number of para-hydroxylation sites is 1. The third-order valence-electron chi connectivity index (χ3n) is 4.71. The molecular weight excluding hydrogens is 292 g/mol. The number of likely N-dealkylation sites (tertiary alicyclic amines) is 1. The summed E-state index contributed by atoms with van der Waals surface area (Å²) in [7, 11) is 1.95. The van der Waals surface area contributed by atoms with Crippen molar-refractivity contribution < 1.29 is 14.7 Å². The molecule has 1 saturated heterocycles. The molecular formula is C18H22N2O3. The van der Waals surface area contributed by atoms with E-state index in [1.807, 2.05) is 42.1 Å².